The fourth-order valence-corrected chi connectivity index (χ4v) is 2.27. The Morgan fingerprint density at radius 2 is 2.31 bits per heavy atom. The molecule has 0 spiro atoms. The van der Waals surface area contributed by atoms with Gasteiger partial charge in [0.15, 0.2) is 0 Å². The second kappa shape index (κ2) is 4.66. The van der Waals surface area contributed by atoms with E-state index < -0.39 is 0 Å². The maximum atomic E-state index is 11.5. The highest BCUT2D eigenvalue weighted by Crippen LogP contribution is 2.28. The predicted octanol–water partition coefficient (Wildman–Crippen LogP) is 1.49. The first-order chi connectivity index (χ1) is 7.72. The molecule has 0 aliphatic carbocycles. The number of rotatable bonds is 2. The average molecular weight is 218 g/mol. The van der Waals surface area contributed by atoms with E-state index >= 15 is 0 Å². The molecule has 2 rings (SSSR count). The molecular formula is C13H18N2O. The first kappa shape index (κ1) is 11.1. The van der Waals surface area contributed by atoms with E-state index in [0.717, 1.165) is 31.5 Å². The van der Waals surface area contributed by atoms with Crippen LogP contribution in [0.1, 0.15) is 24.5 Å². The smallest absolute Gasteiger partial charge is 0.223 e. The van der Waals surface area contributed by atoms with Gasteiger partial charge in [0.25, 0.3) is 0 Å². The van der Waals surface area contributed by atoms with Crippen molar-refractivity contribution in [2.45, 2.75) is 26.2 Å². The van der Waals surface area contributed by atoms with E-state index in [1.165, 1.54) is 11.1 Å². The molecule has 0 bridgehead atoms. The van der Waals surface area contributed by atoms with Gasteiger partial charge in [0.1, 0.15) is 0 Å². The molecule has 2 N–H and O–H groups in total. The van der Waals surface area contributed by atoms with Crippen molar-refractivity contribution < 1.29 is 4.79 Å². The van der Waals surface area contributed by atoms with Gasteiger partial charge in [-0.15, -0.1) is 0 Å². The molecule has 0 atom stereocenters. The number of anilines is 1. The van der Waals surface area contributed by atoms with Crippen LogP contribution in [0.3, 0.4) is 0 Å². The standard InChI is InChI=1S/C13H18N2O/c1-10(16)15-8-2-3-12-5-4-11(6-7-14)9-13(12)15/h4-5,9H,2-3,6-8,14H2,1H3. The molecule has 0 unspecified atom stereocenters. The van der Waals surface area contributed by atoms with Gasteiger partial charge in [-0.2, -0.15) is 0 Å². The molecule has 1 aliphatic heterocycles. The third kappa shape index (κ3) is 2.09. The van der Waals surface area contributed by atoms with Crippen LogP contribution in [0.25, 0.3) is 0 Å². The van der Waals surface area contributed by atoms with Gasteiger partial charge < -0.3 is 10.6 Å². The Hall–Kier alpha value is -1.35. The van der Waals surface area contributed by atoms with Crippen LogP contribution in [-0.2, 0) is 17.6 Å². The number of carbonyl (C=O) groups excluding carboxylic acids is 1. The lowest BCUT2D eigenvalue weighted by atomic mass is 9.98. The molecule has 1 aromatic rings. The van der Waals surface area contributed by atoms with E-state index in [0.29, 0.717) is 6.54 Å². The van der Waals surface area contributed by atoms with E-state index in [-0.39, 0.29) is 5.91 Å². The fourth-order valence-electron chi connectivity index (χ4n) is 2.27. The van der Waals surface area contributed by atoms with Crippen LogP contribution in [0.4, 0.5) is 5.69 Å². The largest absolute Gasteiger partial charge is 0.330 e. The number of aryl methyl sites for hydroxylation is 1. The van der Waals surface area contributed by atoms with Gasteiger partial charge in [0.2, 0.25) is 5.91 Å². The molecule has 1 heterocycles. The first-order valence-electron chi connectivity index (χ1n) is 5.82. The molecule has 0 saturated carbocycles. The Balaban J connectivity index is 2.36. The van der Waals surface area contributed by atoms with Crippen molar-refractivity contribution in [1.29, 1.82) is 0 Å². The van der Waals surface area contributed by atoms with Crippen molar-refractivity contribution in [2.75, 3.05) is 18.0 Å². The number of nitrogens with two attached hydrogens (primary N) is 1. The lowest BCUT2D eigenvalue weighted by Crippen LogP contribution is -2.33. The zero-order valence-electron chi connectivity index (χ0n) is 9.70. The molecule has 1 aromatic carbocycles. The first-order valence-corrected chi connectivity index (χ1v) is 5.82. The average Bonchev–Trinajstić information content (AvgIpc) is 2.28. The molecule has 86 valence electrons. The van der Waals surface area contributed by atoms with Crippen molar-refractivity contribution in [2.24, 2.45) is 5.73 Å². The SMILES string of the molecule is CC(=O)N1CCCc2ccc(CCN)cc21. The number of carbonyl (C=O) groups is 1. The van der Waals surface area contributed by atoms with E-state index in [2.05, 4.69) is 18.2 Å². The molecule has 0 aromatic heterocycles. The topological polar surface area (TPSA) is 46.3 Å². The van der Waals surface area contributed by atoms with Crippen LogP contribution in [0, 0.1) is 0 Å². The highest BCUT2D eigenvalue weighted by atomic mass is 16.2. The van der Waals surface area contributed by atoms with E-state index in [9.17, 15) is 4.79 Å². The number of hydrogen-bond acceptors (Lipinski definition) is 2. The molecular weight excluding hydrogens is 200 g/mol. The summed E-state index contributed by atoms with van der Waals surface area (Å²) in [7, 11) is 0. The summed E-state index contributed by atoms with van der Waals surface area (Å²) < 4.78 is 0. The number of hydrogen-bond donors (Lipinski definition) is 1. The summed E-state index contributed by atoms with van der Waals surface area (Å²) in [5.74, 6) is 0.130. The number of benzene rings is 1. The summed E-state index contributed by atoms with van der Waals surface area (Å²) in [6, 6.07) is 6.37. The van der Waals surface area contributed by atoms with Gasteiger partial charge in [-0.05, 0) is 43.0 Å². The minimum absolute atomic E-state index is 0.130. The third-order valence-corrected chi connectivity index (χ3v) is 3.08. The Kier molecular flexibility index (Phi) is 3.25. The summed E-state index contributed by atoms with van der Waals surface area (Å²) in [5, 5.41) is 0. The number of amides is 1. The minimum Gasteiger partial charge on any atom is -0.330 e. The second-order valence-corrected chi connectivity index (χ2v) is 4.28. The van der Waals surface area contributed by atoms with Crippen molar-refractivity contribution >= 4 is 11.6 Å². The second-order valence-electron chi connectivity index (χ2n) is 4.28. The Morgan fingerprint density at radius 3 is 3.00 bits per heavy atom. The van der Waals surface area contributed by atoms with Crippen LogP contribution in [0.5, 0.6) is 0 Å². The summed E-state index contributed by atoms with van der Waals surface area (Å²) in [4.78, 5) is 13.4. The Morgan fingerprint density at radius 1 is 1.50 bits per heavy atom. The zero-order valence-corrected chi connectivity index (χ0v) is 9.70. The summed E-state index contributed by atoms with van der Waals surface area (Å²) >= 11 is 0. The molecule has 1 aliphatic rings. The van der Waals surface area contributed by atoms with Gasteiger partial charge in [-0.1, -0.05) is 12.1 Å². The Bertz CT molecular complexity index is 401. The molecule has 0 saturated heterocycles. The van der Waals surface area contributed by atoms with Crippen molar-refractivity contribution in [3.8, 4) is 0 Å². The maximum Gasteiger partial charge on any atom is 0.223 e. The van der Waals surface area contributed by atoms with Crippen LogP contribution in [-0.4, -0.2) is 19.0 Å². The van der Waals surface area contributed by atoms with Crippen molar-refractivity contribution in [3.05, 3.63) is 29.3 Å². The van der Waals surface area contributed by atoms with Crippen LogP contribution in [0.2, 0.25) is 0 Å². The predicted molar refractivity (Wildman–Crippen MR) is 65.5 cm³/mol. The summed E-state index contributed by atoms with van der Waals surface area (Å²) in [5.41, 5.74) is 9.14. The van der Waals surface area contributed by atoms with Crippen LogP contribution in [0.15, 0.2) is 18.2 Å². The van der Waals surface area contributed by atoms with Gasteiger partial charge in [0, 0.05) is 19.2 Å². The highest BCUT2D eigenvalue weighted by molar-refractivity contribution is 5.92. The van der Waals surface area contributed by atoms with E-state index in [1.54, 1.807) is 6.92 Å². The van der Waals surface area contributed by atoms with Crippen LogP contribution < -0.4 is 10.6 Å². The monoisotopic (exact) mass is 218 g/mol. The molecule has 1 amide bonds. The normalized spacial score (nSPS) is 14.8. The summed E-state index contributed by atoms with van der Waals surface area (Å²) in [6.07, 6.45) is 3.00. The quantitative estimate of drug-likeness (QED) is 0.817. The molecule has 0 radical (unpaired) electrons. The Labute approximate surface area is 96.2 Å². The van der Waals surface area contributed by atoms with Gasteiger partial charge in [-0.3, -0.25) is 4.79 Å². The molecule has 3 heteroatoms. The van der Waals surface area contributed by atoms with Crippen molar-refractivity contribution in [1.82, 2.24) is 0 Å². The number of fused-ring (bicyclic) bond motifs is 1. The molecule has 16 heavy (non-hydrogen) atoms. The third-order valence-electron chi connectivity index (χ3n) is 3.08. The van der Waals surface area contributed by atoms with Crippen molar-refractivity contribution in [3.63, 3.8) is 0 Å². The van der Waals surface area contributed by atoms with Gasteiger partial charge >= 0.3 is 0 Å². The minimum atomic E-state index is 0.130. The molecule has 3 nitrogen and oxygen atoms in total. The van der Waals surface area contributed by atoms with E-state index in [1.807, 2.05) is 4.90 Å². The maximum absolute atomic E-state index is 11.5. The summed E-state index contributed by atoms with van der Waals surface area (Å²) in [6.45, 7) is 3.12. The fraction of sp³-hybridized carbons (Fsp3) is 0.462. The molecule has 0 fully saturated rings. The lowest BCUT2D eigenvalue weighted by Gasteiger charge is -2.29. The van der Waals surface area contributed by atoms with Crippen LogP contribution >= 0.6 is 0 Å². The zero-order chi connectivity index (χ0) is 11.5. The lowest BCUT2D eigenvalue weighted by molar-refractivity contribution is -0.116. The van der Waals surface area contributed by atoms with E-state index in [4.69, 9.17) is 5.73 Å². The highest BCUT2D eigenvalue weighted by Gasteiger charge is 2.19. The van der Waals surface area contributed by atoms with Gasteiger partial charge in [0.05, 0.1) is 0 Å². The number of nitrogens with zero attached hydrogens (tertiary/aromatic N) is 1. The van der Waals surface area contributed by atoms with Gasteiger partial charge in [-0.25, -0.2) is 0 Å².